The maximum absolute atomic E-state index is 11.9. The van der Waals surface area contributed by atoms with E-state index in [0.29, 0.717) is 13.0 Å². The molecule has 7 heteroatoms. The van der Waals surface area contributed by atoms with Crippen LogP contribution in [-0.2, 0) is 11.3 Å². The predicted molar refractivity (Wildman–Crippen MR) is 115 cm³/mol. The normalized spacial score (nSPS) is 17.0. The first kappa shape index (κ1) is 20.5. The van der Waals surface area contributed by atoms with Crippen molar-refractivity contribution in [2.45, 2.75) is 39.3 Å². The molecule has 2 N–H and O–H groups in total. The fraction of sp³-hybridized carbons (Fsp3) is 0.429. The average molecular weight is 447 g/mol. The highest BCUT2D eigenvalue weighted by atomic mass is 79.9. The molecule has 1 saturated heterocycles. The van der Waals surface area contributed by atoms with E-state index in [-0.39, 0.29) is 11.9 Å². The van der Waals surface area contributed by atoms with Gasteiger partial charge in [0, 0.05) is 42.1 Å². The summed E-state index contributed by atoms with van der Waals surface area (Å²) < 4.78 is 6.98. The monoisotopic (exact) mass is 446 g/mol. The molecule has 0 spiro atoms. The number of nitrogens with zero attached hydrogens (tertiary/aromatic N) is 2. The van der Waals surface area contributed by atoms with Crippen LogP contribution in [-0.4, -0.2) is 42.4 Å². The lowest BCUT2D eigenvalue weighted by Crippen LogP contribution is -2.45. The number of carbonyl (C=O) groups is 1. The van der Waals surface area contributed by atoms with Gasteiger partial charge in [-0.2, -0.15) is 0 Å². The van der Waals surface area contributed by atoms with Crippen molar-refractivity contribution in [1.29, 1.82) is 0 Å². The van der Waals surface area contributed by atoms with Gasteiger partial charge in [-0.05, 0) is 37.6 Å². The van der Waals surface area contributed by atoms with E-state index in [1.807, 2.05) is 55.1 Å². The minimum Gasteiger partial charge on any atom is -0.459 e. The molecule has 1 aromatic heterocycles. The van der Waals surface area contributed by atoms with E-state index < -0.39 is 0 Å². The summed E-state index contributed by atoms with van der Waals surface area (Å²) in [5.41, 5.74) is 1.04. The molecule has 2 heterocycles. The molecule has 1 amide bonds. The number of carbonyl (C=O) groups excluding carboxylic acids is 1. The number of benzene rings is 1. The minimum absolute atomic E-state index is 0.210. The van der Waals surface area contributed by atoms with E-state index in [2.05, 4.69) is 31.6 Å². The molecule has 150 valence electrons. The standard InChI is InChI=1S/C21H27BrN4O2/c1-3-20(27)26-12-11-17(14-26)25-21(23-4-2)24-13-18-9-10-19(28-18)15-5-7-16(22)8-6-15/h5-10,17H,3-4,11-14H2,1-2H3,(H2,23,24,25). The number of furan rings is 1. The van der Waals surface area contributed by atoms with Crippen molar-refractivity contribution in [3.05, 3.63) is 46.6 Å². The Bertz CT molecular complexity index is 816. The van der Waals surface area contributed by atoms with Gasteiger partial charge in [0.2, 0.25) is 5.91 Å². The molecule has 0 aliphatic carbocycles. The van der Waals surface area contributed by atoms with Gasteiger partial charge in [-0.1, -0.05) is 35.0 Å². The number of amides is 1. The first-order valence-corrected chi connectivity index (χ1v) is 10.6. The van der Waals surface area contributed by atoms with Gasteiger partial charge in [0.25, 0.3) is 0 Å². The molecule has 1 aromatic carbocycles. The van der Waals surface area contributed by atoms with Gasteiger partial charge in [0.1, 0.15) is 18.1 Å². The maximum Gasteiger partial charge on any atom is 0.222 e. The molecular formula is C21H27BrN4O2. The molecule has 0 bridgehead atoms. The molecule has 1 aliphatic rings. The highest BCUT2D eigenvalue weighted by Crippen LogP contribution is 2.24. The molecule has 0 saturated carbocycles. The van der Waals surface area contributed by atoms with Crippen molar-refractivity contribution in [3.63, 3.8) is 0 Å². The molecule has 1 fully saturated rings. The SMILES string of the molecule is CCNC(=NCc1ccc(-c2ccc(Br)cc2)o1)NC1CCN(C(=O)CC)C1. The van der Waals surface area contributed by atoms with Gasteiger partial charge in [0.05, 0.1) is 0 Å². The number of likely N-dealkylation sites (tertiary alicyclic amines) is 1. The smallest absolute Gasteiger partial charge is 0.222 e. The Morgan fingerprint density at radius 3 is 2.75 bits per heavy atom. The molecule has 1 unspecified atom stereocenters. The molecular weight excluding hydrogens is 420 g/mol. The van der Waals surface area contributed by atoms with Crippen LogP contribution in [0.15, 0.2) is 50.3 Å². The van der Waals surface area contributed by atoms with Crippen LogP contribution in [0, 0.1) is 0 Å². The Labute approximate surface area is 174 Å². The molecule has 1 aliphatic heterocycles. The summed E-state index contributed by atoms with van der Waals surface area (Å²) in [5.74, 6) is 2.60. The Morgan fingerprint density at radius 1 is 1.25 bits per heavy atom. The van der Waals surface area contributed by atoms with E-state index in [0.717, 1.165) is 53.6 Å². The Morgan fingerprint density at radius 2 is 2.04 bits per heavy atom. The highest BCUT2D eigenvalue weighted by Gasteiger charge is 2.25. The summed E-state index contributed by atoms with van der Waals surface area (Å²) in [6.07, 6.45) is 1.49. The van der Waals surface area contributed by atoms with E-state index >= 15 is 0 Å². The lowest BCUT2D eigenvalue weighted by atomic mass is 10.2. The van der Waals surface area contributed by atoms with Gasteiger partial charge in [-0.3, -0.25) is 4.79 Å². The third-order valence-corrected chi connectivity index (χ3v) is 5.24. The number of guanidine groups is 1. The summed E-state index contributed by atoms with van der Waals surface area (Å²) in [7, 11) is 0. The van der Waals surface area contributed by atoms with Crippen LogP contribution >= 0.6 is 15.9 Å². The minimum atomic E-state index is 0.210. The summed E-state index contributed by atoms with van der Waals surface area (Å²) >= 11 is 3.45. The number of hydrogen-bond donors (Lipinski definition) is 2. The molecule has 0 radical (unpaired) electrons. The predicted octanol–water partition coefficient (Wildman–Crippen LogP) is 3.78. The number of rotatable bonds is 6. The number of hydrogen-bond acceptors (Lipinski definition) is 3. The highest BCUT2D eigenvalue weighted by molar-refractivity contribution is 9.10. The summed E-state index contributed by atoms with van der Waals surface area (Å²) in [5, 5.41) is 6.71. The fourth-order valence-electron chi connectivity index (χ4n) is 3.23. The van der Waals surface area contributed by atoms with E-state index in [1.165, 1.54) is 0 Å². The van der Waals surface area contributed by atoms with Gasteiger partial charge >= 0.3 is 0 Å². The van der Waals surface area contributed by atoms with E-state index in [4.69, 9.17) is 4.42 Å². The molecule has 1 atom stereocenters. The second-order valence-electron chi connectivity index (χ2n) is 6.79. The average Bonchev–Trinajstić information content (AvgIpc) is 3.36. The molecule has 6 nitrogen and oxygen atoms in total. The molecule has 2 aromatic rings. The van der Waals surface area contributed by atoms with Crippen LogP contribution in [0.2, 0.25) is 0 Å². The maximum atomic E-state index is 11.9. The van der Waals surface area contributed by atoms with Crippen molar-refractivity contribution in [2.24, 2.45) is 4.99 Å². The number of aliphatic imine (C=N–C) groups is 1. The zero-order valence-electron chi connectivity index (χ0n) is 16.4. The lowest BCUT2D eigenvalue weighted by Gasteiger charge is -2.18. The number of halogens is 1. The van der Waals surface area contributed by atoms with Crippen molar-refractivity contribution in [2.75, 3.05) is 19.6 Å². The zero-order chi connectivity index (χ0) is 19.9. The Hall–Kier alpha value is -2.28. The van der Waals surface area contributed by atoms with Gasteiger partial charge in [0.15, 0.2) is 5.96 Å². The fourth-order valence-corrected chi connectivity index (χ4v) is 3.50. The van der Waals surface area contributed by atoms with Crippen LogP contribution in [0.1, 0.15) is 32.4 Å². The summed E-state index contributed by atoms with van der Waals surface area (Å²) in [6.45, 7) is 6.70. The van der Waals surface area contributed by atoms with Crippen LogP contribution in [0.25, 0.3) is 11.3 Å². The third-order valence-electron chi connectivity index (χ3n) is 4.71. The first-order chi connectivity index (χ1) is 13.6. The summed E-state index contributed by atoms with van der Waals surface area (Å²) in [4.78, 5) is 18.4. The third kappa shape index (κ3) is 5.38. The second kappa shape index (κ2) is 9.78. The van der Waals surface area contributed by atoms with Gasteiger partial charge in [-0.25, -0.2) is 4.99 Å². The quantitative estimate of drug-likeness (QED) is 0.523. The van der Waals surface area contributed by atoms with Gasteiger partial charge in [-0.15, -0.1) is 0 Å². The van der Waals surface area contributed by atoms with E-state index in [9.17, 15) is 4.79 Å². The van der Waals surface area contributed by atoms with Gasteiger partial charge < -0.3 is 20.0 Å². The Balaban J connectivity index is 1.60. The van der Waals surface area contributed by atoms with Crippen LogP contribution in [0.4, 0.5) is 0 Å². The van der Waals surface area contributed by atoms with Crippen LogP contribution in [0.3, 0.4) is 0 Å². The number of nitrogens with one attached hydrogen (secondary N) is 2. The van der Waals surface area contributed by atoms with Crippen LogP contribution < -0.4 is 10.6 Å². The Kier molecular flexibility index (Phi) is 7.14. The lowest BCUT2D eigenvalue weighted by molar-refractivity contribution is -0.129. The van der Waals surface area contributed by atoms with Crippen molar-refractivity contribution in [3.8, 4) is 11.3 Å². The van der Waals surface area contributed by atoms with Crippen molar-refractivity contribution in [1.82, 2.24) is 15.5 Å². The molecule has 28 heavy (non-hydrogen) atoms. The zero-order valence-corrected chi connectivity index (χ0v) is 18.0. The van der Waals surface area contributed by atoms with Crippen molar-refractivity contribution >= 4 is 27.8 Å². The topological polar surface area (TPSA) is 69.9 Å². The van der Waals surface area contributed by atoms with Crippen LogP contribution in [0.5, 0.6) is 0 Å². The van der Waals surface area contributed by atoms with E-state index in [1.54, 1.807) is 0 Å². The largest absolute Gasteiger partial charge is 0.459 e. The van der Waals surface area contributed by atoms with Crippen molar-refractivity contribution < 1.29 is 9.21 Å². The second-order valence-corrected chi connectivity index (χ2v) is 7.71. The summed E-state index contributed by atoms with van der Waals surface area (Å²) in [6, 6.07) is 12.2. The first-order valence-electron chi connectivity index (χ1n) is 9.76. The molecule has 3 rings (SSSR count).